The molecular weight excluding hydrogens is 388 g/mol. The molecule has 5 rings (SSSR count). The molecule has 2 aliphatic heterocycles. The largest absolute Gasteiger partial charge is 0.354 e. The van der Waals surface area contributed by atoms with Crippen LogP contribution in [0.1, 0.15) is 31.4 Å². The van der Waals surface area contributed by atoms with Crippen molar-refractivity contribution in [2.75, 3.05) is 49.6 Å². The second-order valence-corrected chi connectivity index (χ2v) is 9.45. The number of anilines is 2. The van der Waals surface area contributed by atoms with Crippen molar-refractivity contribution in [3.05, 3.63) is 53.6 Å². The van der Waals surface area contributed by atoms with Crippen LogP contribution in [0.5, 0.6) is 0 Å². The summed E-state index contributed by atoms with van der Waals surface area (Å²) in [6.07, 6.45) is 1.59. The number of benzene rings is 2. The average molecular weight is 419 g/mol. The van der Waals surface area contributed by atoms with E-state index in [2.05, 4.69) is 53.1 Å². The molecule has 0 aliphatic carbocycles. The molecule has 6 heteroatoms. The third-order valence-electron chi connectivity index (χ3n) is 6.87. The summed E-state index contributed by atoms with van der Waals surface area (Å²) in [6.45, 7) is 9.35. The highest BCUT2D eigenvalue weighted by Crippen LogP contribution is 2.40. The molecule has 0 N–H and O–H groups in total. The molecule has 0 radical (unpaired) electrons. The number of aromatic nitrogens is 1. The van der Waals surface area contributed by atoms with Gasteiger partial charge in [0.15, 0.2) is 11.4 Å². The van der Waals surface area contributed by atoms with Gasteiger partial charge < -0.3 is 14.3 Å². The highest BCUT2D eigenvalue weighted by Gasteiger charge is 2.35. The number of carbonyl (C=O) groups is 1. The van der Waals surface area contributed by atoms with E-state index in [0.717, 1.165) is 61.6 Å². The Kier molecular flexibility index (Phi) is 4.97. The monoisotopic (exact) mass is 418 g/mol. The first kappa shape index (κ1) is 20.1. The summed E-state index contributed by atoms with van der Waals surface area (Å²) in [4.78, 5) is 18.9. The minimum Gasteiger partial charge on any atom is -0.354 e. The van der Waals surface area contributed by atoms with E-state index in [0.29, 0.717) is 6.42 Å². The summed E-state index contributed by atoms with van der Waals surface area (Å²) >= 11 is 0. The van der Waals surface area contributed by atoms with Crippen LogP contribution in [0.15, 0.2) is 47.0 Å². The lowest BCUT2D eigenvalue weighted by Gasteiger charge is -2.37. The molecule has 3 heterocycles. The van der Waals surface area contributed by atoms with Crippen LogP contribution in [0, 0.1) is 0 Å². The van der Waals surface area contributed by atoms with Crippen LogP contribution >= 0.6 is 0 Å². The number of nitrogens with zero attached hydrogens (tertiary/aromatic N) is 4. The Bertz CT molecular complexity index is 1110. The van der Waals surface area contributed by atoms with Gasteiger partial charge in [-0.2, -0.15) is 0 Å². The molecule has 31 heavy (non-hydrogen) atoms. The average Bonchev–Trinajstić information content (AvgIpc) is 3.20. The first-order chi connectivity index (χ1) is 14.9. The second kappa shape index (κ2) is 7.68. The molecular formula is C25H30N4O2. The number of amides is 1. The first-order valence-corrected chi connectivity index (χ1v) is 11.1. The molecule has 0 unspecified atom stereocenters. The van der Waals surface area contributed by atoms with Gasteiger partial charge in [0.25, 0.3) is 0 Å². The normalized spacial score (nSPS) is 19.1. The number of hydrogen-bond donors (Lipinski definition) is 0. The summed E-state index contributed by atoms with van der Waals surface area (Å²) in [5, 5.41) is 5.40. The summed E-state index contributed by atoms with van der Waals surface area (Å²) in [5.41, 5.74) is 4.43. The Morgan fingerprint density at radius 3 is 2.65 bits per heavy atom. The van der Waals surface area contributed by atoms with Gasteiger partial charge in [-0.05, 0) is 35.7 Å². The zero-order chi connectivity index (χ0) is 21.6. The minimum atomic E-state index is -0.110. The van der Waals surface area contributed by atoms with Crippen molar-refractivity contribution >= 4 is 28.4 Å². The van der Waals surface area contributed by atoms with Crippen LogP contribution in [0.3, 0.4) is 0 Å². The zero-order valence-corrected chi connectivity index (χ0v) is 18.6. The Labute approximate surface area is 183 Å². The topological polar surface area (TPSA) is 52.8 Å². The number of rotatable bonds is 4. The van der Waals surface area contributed by atoms with Crippen molar-refractivity contribution in [1.29, 1.82) is 0 Å². The molecule has 1 fully saturated rings. The van der Waals surface area contributed by atoms with Crippen LogP contribution < -0.4 is 9.80 Å². The van der Waals surface area contributed by atoms with Crippen molar-refractivity contribution in [1.82, 2.24) is 10.1 Å². The number of piperazine rings is 1. The molecule has 1 aromatic heterocycles. The summed E-state index contributed by atoms with van der Waals surface area (Å²) in [6, 6.07) is 14.7. The van der Waals surface area contributed by atoms with Gasteiger partial charge in [-0.25, -0.2) is 0 Å². The van der Waals surface area contributed by atoms with Crippen LogP contribution in [-0.2, 0) is 16.6 Å². The molecule has 3 aromatic rings. The quantitative estimate of drug-likeness (QED) is 0.644. The van der Waals surface area contributed by atoms with Crippen molar-refractivity contribution in [3.63, 3.8) is 0 Å². The second-order valence-electron chi connectivity index (χ2n) is 9.45. The molecule has 0 atom stereocenters. The molecule has 2 aromatic carbocycles. The Hall–Kier alpha value is -2.86. The Morgan fingerprint density at radius 1 is 1.06 bits per heavy atom. The van der Waals surface area contributed by atoms with E-state index in [9.17, 15) is 4.79 Å². The first-order valence-electron chi connectivity index (χ1n) is 11.1. The van der Waals surface area contributed by atoms with Crippen LogP contribution in [0.2, 0.25) is 0 Å². The van der Waals surface area contributed by atoms with E-state index in [1.54, 1.807) is 4.90 Å². The van der Waals surface area contributed by atoms with E-state index in [1.807, 2.05) is 25.2 Å². The molecule has 1 saturated heterocycles. The molecule has 6 nitrogen and oxygen atoms in total. The maximum Gasteiger partial charge on any atom is 0.227 e. The fourth-order valence-electron chi connectivity index (χ4n) is 4.87. The van der Waals surface area contributed by atoms with Crippen LogP contribution in [-0.4, -0.2) is 55.7 Å². The highest BCUT2D eigenvalue weighted by molar-refractivity contribution is 5.97. The predicted octanol–water partition coefficient (Wildman–Crippen LogP) is 3.84. The maximum atomic E-state index is 12.3. The SMILES string of the molecule is CN1C(=O)CC(C)(C)c2cc(CCN3CCN(c4noc5ccccc45)CC3)ccc21. The number of hydrogen-bond acceptors (Lipinski definition) is 5. The fourth-order valence-corrected chi connectivity index (χ4v) is 4.87. The summed E-state index contributed by atoms with van der Waals surface area (Å²) in [7, 11) is 1.88. The third-order valence-corrected chi connectivity index (χ3v) is 6.87. The van der Waals surface area contributed by atoms with E-state index in [4.69, 9.17) is 4.52 Å². The lowest BCUT2D eigenvalue weighted by Crippen LogP contribution is -2.47. The van der Waals surface area contributed by atoms with Gasteiger partial charge in [0.1, 0.15) is 0 Å². The molecule has 2 aliphatic rings. The molecule has 0 saturated carbocycles. The zero-order valence-electron chi connectivity index (χ0n) is 18.6. The summed E-state index contributed by atoms with van der Waals surface area (Å²) in [5.74, 6) is 1.16. The van der Waals surface area contributed by atoms with Gasteiger partial charge in [0, 0.05) is 57.3 Å². The van der Waals surface area contributed by atoms with Gasteiger partial charge >= 0.3 is 0 Å². The van der Waals surface area contributed by atoms with E-state index in [-0.39, 0.29) is 11.3 Å². The van der Waals surface area contributed by atoms with E-state index < -0.39 is 0 Å². The smallest absolute Gasteiger partial charge is 0.227 e. The van der Waals surface area contributed by atoms with Crippen LogP contribution in [0.25, 0.3) is 11.0 Å². The number of para-hydroxylation sites is 1. The lowest BCUT2D eigenvalue weighted by atomic mass is 9.76. The van der Waals surface area contributed by atoms with Crippen molar-refractivity contribution in [2.45, 2.75) is 32.1 Å². The minimum absolute atomic E-state index is 0.110. The number of carbonyl (C=O) groups excluding carboxylic acids is 1. The van der Waals surface area contributed by atoms with E-state index in [1.165, 1.54) is 11.1 Å². The van der Waals surface area contributed by atoms with Crippen LogP contribution in [0.4, 0.5) is 11.5 Å². The van der Waals surface area contributed by atoms with Crippen molar-refractivity contribution < 1.29 is 9.32 Å². The third kappa shape index (κ3) is 3.69. The summed E-state index contributed by atoms with van der Waals surface area (Å²) < 4.78 is 5.48. The van der Waals surface area contributed by atoms with Crippen molar-refractivity contribution in [3.8, 4) is 0 Å². The van der Waals surface area contributed by atoms with Gasteiger partial charge in [0.05, 0.1) is 5.39 Å². The molecule has 162 valence electrons. The van der Waals surface area contributed by atoms with Gasteiger partial charge in [-0.15, -0.1) is 0 Å². The van der Waals surface area contributed by atoms with Gasteiger partial charge in [-0.1, -0.05) is 43.3 Å². The lowest BCUT2D eigenvalue weighted by molar-refractivity contribution is -0.119. The molecule has 0 bridgehead atoms. The van der Waals surface area contributed by atoms with E-state index >= 15 is 0 Å². The molecule has 1 amide bonds. The van der Waals surface area contributed by atoms with Gasteiger partial charge in [0.2, 0.25) is 5.91 Å². The fraction of sp³-hybridized carbons (Fsp3) is 0.440. The Balaban J connectivity index is 1.22. The highest BCUT2D eigenvalue weighted by atomic mass is 16.5. The number of fused-ring (bicyclic) bond motifs is 2. The maximum absolute atomic E-state index is 12.3. The molecule has 0 spiro atoms. The van der Waals surface area contributed by atoms with Crippen molar-refractivity contribution in [2.24, 2.45) is 0 Å². The Morgan fingerprint density at radius 2 is 1.84 bits per heavy atom. The predicted molar refractivity (Wildman–Crippen MR) is 124 cm³/mol. The standard InChI is InChI=1S/C25H30N4O2/c1-25(2)17-23(30)27(3)21-9-8-18(16-20(21)25)10-11-28-12-14-29(15-13-28)24-19-6-4-5-7-22(19)31-26-24/h4-9,16H,10-15,17H2,1-3H3. The van der Waals surface area contributed by atoms with Gasteiger partial charge in [-0.3, -0.25) is 9.69 Å².